The molecule has 0 atom stereocenters. The Morgan fingerprint density at radius 1 is 0.306 bits per heavy atom. The summed E-state index contributed by atoms with van der Waals surface area (Å²) in [6, 6.07) is 78.7. The highest BCUT2D eigenvalue weighted by molar-refractivity contribution is 6.21. The molecule has 62 heavy (non-hydrogen) atoms. The van der Waals surface area contributed by atoms with E-state index in [4.69, 9.17) is 9.97 Å². The summed E-state index contributed by atoms with van der Waals surface area (Å²) >= 11 is 0. The predicted molar refractivity (Wildman–Crippen MR) is 260 cm³/mol. The van der Waals surface area contributed by atoms with Crippen molar-refractivity contribution < 1.29 is 0 Å². The largest absolute Gasteiger partial charge is 0.309 e. The van der Waals surface area contributed by atoms with Crippen molar-refractivity contribution in [2.45, 2.75) is 0 Å². The van der Waals surface area contributed by atoms with Gasteiger partial charge in [-0.05, 0) is 98.4 Å². The summed E-state index contributed by atoms with van der Waals surface area (Å²) in [6.07, 6.45) is 0. The van der Waals surface area contributed by atoms with Crippen molar-refractivity contribution in [1.29, 1.82) is 0 Å². The number of hydrogen-bond acceptors (Lipinski definition) is 2. The van der Waals surface area contributed by atoms with E-state index >= 15 is 0 Å². The number of para-hydroxylation sites is 2. The van der Waals surface area contributed by atoms with Gasteiger partial charge < -0.3 is 4.57 Å². The van der Waals surface area contributed by atoms with Gasteiger partial charge in [-0.1, -0.05) is 164 Å². The van der Waals surface area contributed by atoms with Crippen molar-refractivity contribution in [2.75, 3.05) is 0 Å². The van der Waals surface area contributed by atoms with E-state index in [2.05, 4.69) is 221 Å². The Hall–Kier alpha value is -8.34. The number of benzene rings is 10. The minimum atomic E-state index is 0.690. The lowest BCUT2D eigenvalue weighted by Gasteiger charge is -2.15. The quantitative estimate of drug-likeness (QED) is 0.174. The Labute approximate surface area is 357 Å². The zero-order valence-corrected chi connectivity index (χ0v) is 33.6. The van der Waals surface area contributed by atoms with Crippen LogP contribution in [0.5, 0.6) is 0 Å². The van der Waals surface area contributed by atoms with Gasteiger partial charge in [-0.2, -0.15) is 0 Å². The average molecular weight is 789 g/mol. The molecule has 0 aliphatic rings. The molecule has 0 N–H and O–H groups in total. The predicted octanol–water partition coefficient (Wildman–Crippen LogP) is 15.1. The molecule has 4 nitrogen and oxygen atoms in total. The third-order valence-electron chi connectivity index (χ3n) is 12.7. The maximum atomic E-state index is 5.56. The second kappa shape index (κ2) is 13.6. The number of fused-ring (bicyclic) bond motifs is 9. The zero-order chi connectivity index (χ0) is 40.7. The molecule has 0 bridgehead atoms. The van der Waals surface area contributed by atoms with Crippen LogP contribution < -0.4 is 0 Å². The van der Waals surface area contributed by atoms with Crippen LogP contribution in [-0.4, -0.2) is 19.1 Å². The van der Waals surface area contributed by atoms with Crippen molar-refractivity contribution >= 4 is 76.1 Å². The fourth-order valence-electron chi connectivity index (χ4n) is 9.85. The van der Waals surface area contributed by atoms with Gasteiger partial charge in [-0.15, -0.1) is 0 Å². The molecule has 0 spiro atoms. The zero-order valence-electron chi connectivity index (χ0n) is 33.6. The third kappa shape index (κ3) is 5.27. The van der Waals surface area contributed by atoms with E-state index in [1.807, 2.05) is 6.07 Å². The third-order valence-corrected chi connectivity index (χ3v) is 12.7. The van der Waals surface area contributed by atoms with Crippen LogP contribution in [0.4, 0.5) is 0 Å². The lowest BCUT2D eigenvalue weighted by Crippen LogP contribution is -2.03. The van der Waals surface area contributed by atoms with Gasteiger partial charge in [-0.25, -0.2) is 9.97 Å². The smallest absolute Gasteiger partial charge is 0.162 e. The van der Waals surface area contributed by atoms with Crippen LogP contribution in [0.25, 0.3) is 121 Å². The summed E-state index contributed by atoms with van der Waals surface area (Å²) in [6.45, 7) is 0. The minimum absolute atomic E-state index is 0.690. The first-order valence-corrected chi connectivity index (χ1v) is 21.2. The molecule has 0 aliphatic heterocycles. The maximum absolute atomic E-state index is 5.56. The van der Waals surface area contributed by atoms with Gasteiger partial charge in [0, 0.05) is 38.2 Å². The van der Waals surface area contributed by atoms with E-state index in [9.17, 15) is 0 Å². The van der Waals surface area contributed by atoms with Crippen molar-refractivity contribution in [3.63, 3.8) is 0 Å². The monoisotopic (exact) mass is 788 g/mol. The number of rotatable bonds is 5. The molecule has 0 saturated carbocycles. The standard InChI is InChI=1S/C58H36N4/c1-3-16-38(17-4-1)57-59-51-32-30-41(42-29-31-47-46-24-11-12-27-52(46)61(54(47)36-42)43-21-5-2-6-22-43)33-49(51)58(60-57)62-53-28-14-26-48(45-25-13-20-37-15-9-10-23-44(37)45)56(53)50-34-39-18-7-8-19-40(39)35-55(50)62/h1-36H. The first-order valence-electron chi connectivity index (χ1n) is 21.2. The Kier molecular flexibility index (Phi) is 7.57. The Balaban J connectivity index is 1.12. The van der Waals surface area contributed by atoms with E-state index < -0.39 is 0 Å². The summed E-state index contributed by atoms with van der Waals surface area (Å²) < 4.78 is 4.77. The van der Waals surface area contributed by atoms with Crippen molar-refractivity contribution in [2.24, 2.45) is 0 Å². The Morgan fingerprint density at radius 3 is 1.77 bits per heavy atom. The molecule has 4 heteroatoms. The molecule has 13 rings (SSSR count). The topological polar surface area (TPSA) is 35.6 Å². The molecule has 0 fully saturated rings. The highest BCUT2D eigenvalue weighted by Crippen LogP contribution is 2.43. The van der Waals surface area contributed by atoms with Crippen LogP contribution in [0.2, 0.25) is 0 Å². The summed E-state index contributed by atoms with van der Waals surface area (Å²) in [7, 11) is 0. The van der Waals surface area contributed by atoms with Crippen LogP contribution in [0.3, 0.4) is 0 Å². The summed E-state index contributed by atoms with van der Waals surface area (Å²) in [5, 5.41) is 10.7. The molecule has 3 heterocycles. The molecule has 0 aliphatic carbocycles. The van der Waals surface area contributed by atoms with E-state index in [1.54, 1.807) is 0 Å². The van der Waals surface area contributed by atoms with Crippen LogP contribution in [-0.2, 0) is 0 Å². The molecule has 0 unspecified atom stereocenters. The van der Waals surface area contributed by atoms with Crippen LogP contribution in [0.1, 0.15) is 0 Å². The van der Waals surface area contributed by atoms with Gasteiger partial charge in [0.05, 0.1) is 27.6 Å². The molecular weight excluding hydrogens is 753 g/mol. The van der Waals surface area contributed by atoms with Crippen LogP contribution in [0.15, 0.2) is 218 Å². The first-order chi connectivity index (χ1) is 30.7. The second-order valence-corrected chi connectivity index (χ2v) is 16.2. The van der Waals surface area contributed by atoms with Gasteiger partial charge in [-0.3, -0.25) is 4.57 Å². The summed E-state index contributed by atoms with van der Waals surface area (Å²) in [4.78, 5) is 10.8. The molecule has 3 aromatic heterocycles. The van der Waals surface area contributed by atoms with Gasteiger partial charge in [0.2, 0.25) is 0 Å². The molecule has 10 aromatic carbocycles. The van der Waals surface area contributed by atoms with Gasteiger partial charge >= 0.3 is 0 Å². The fourth-order valence-corrected chi connectivity index (χ4v) is 9.85. The number of nitrogens with zero attached hydrogens (tertiary/aromatic N) is 4. The second-order valence-electron chi connectivity index (χ2n) is 16.2. The maximum Gasteiger partial charge on any atom is 0.162 e. The fraction of sp³-hybridized carbons (Fsp3) is 0. The molecule has 13 aromatic rings. The van der Waals surface area contributed by atoms with Gasteiger partial charge in [0.1, 0.15) is 5.82 Å². The Morgan fingerprint density at radius 2 is 0.919 bits per heavy atom. The number of hydrogen-bond donors (Lipinski definition) is 0. The summed E-state index contributed by atoms with van der Waals surface area (Å²) in [5.74, 6) is 1.54. The summed E-state index contributed by atoms with van der Waals surface area (Å²) in [5.41, 5.74) is 12.2. The highest BCUT2D eigenvalue weighted by Gasteiger charge is 2.22. The van der Waals surface area contributed by atoms with Crippen molar-refractivity contribution in [3.8, 4) is 45.1 Å². The molecule has 0 saturated heterocycles. The average Bonchev–Trinajstić information content (AvgIpc) is 3.85. The molecule has 0 amide bonds. The lowest BCUT2D eigenvalue weighted by atomic mass is 9.94. The molecule has 288 valence electrons. The van der Waals surface area contributed by atoms with E-state index in [0.717, 1.165) is 50.1 Å². The normalized spacial score (nSPS) is 11.9. The minimum Gasteiger partial charge on any atom is -0.309 e. The number of aromatic nitrogens is 4. The molecular formula is C58H36N4. The Bertz CT molecular complexity index is 3910. The van der Waals surface area contributed by atoms with Gasteiger partial charge in [0.15, 0.2) is 5.82 Å². The van der Waals surface area contributed by atoms with Crippen molar-refractivity contribution in [3.05, 3.63) is 218 Å². The molecule has 0 radical (unpaired) electrons. The SMILES string of the molecule is c1ccc(-c2nc(-n3c4cc5ccccc5cc4c4c(-c5cccc6ccccc56)cccc43)c3cc(-c4ccc5c6ccccc6n(-c6ccccc6)c5c4)ccc3n2)cc1. The van der Waals surface area contributed by atoms with Crippen LogP contribution >= 0.6 is 0 Å². The van der Waals surface area contributed by atoms with E-state index in [1.165, 1.54) is 65.3 Å². The van der Waals surface area contributed by atoms with Crippen molar-refractivity contribution in [1.82, 2.24) is 19.1 Å². The van der Waals surface area contributed by atoms with Crippen LogP contribution in [0, 0.1) is 0 Å². The van der Waals surface area contributed by atoms with E-state index in [-0.39, 0.29) is 0 Å². The highest BCUT2D eigenvalue weighted by atomic mass is 15.1. The first kappa shape index (κ1) is 34.5. The van der Waals surface area contributed by atoms with E-state index in [0.29, 0.717) is 5.82 Å². The lowest BCUT2D eigenvalue weighted by molar-refractivity contribution is 1.08. The van der Waals surface area contributed by atoms with Gasteiger partial charge in [0.25, 0.3) is 0 Å².